The first-order valence-electron chi connectivity index (χ1n) is 8.50. The summed E-state index contributed by atoms with van der Waals surface area (Å²) < 4.78 is 10.8. The molecular formula is C21H19ClN2O3. The molecule has 0 fully saturated rings. The zero-order valence-corrected chi connectivity index (χ0v) is 15.8. The summed E-state index contributed by atoms with van der Waals surface area (Å²) in [5.74, 6) is 0.869. The molecule has 1 aromatic heterocycles. The van der Waals surface area contributed by atoms with E-state index in [9.17, 15) is 4.79 Å². The highest BCUT2D eigenvalue weighted by molar-refractivity contribution is 6.31. The number of carbonyl (C=O) groups is 1. The molecule has 0 aliphatic carbocycles. The normalized spacial score (nSPS) is 10.9. The molecule has 0 radical (unpaired) electrons. The van der Waals surface area contributed by atoms with Gasteiger partial charge in [-0.2, -0.15) is 5.10 Å². The predicted octanol–water partition coefficient (Wildman–Crippen LogP) is 5.53. The van der Waals surface area contributed by atoms with Crippen LogP contribution in [0.5, 0.6) is 0 Å². The van der Waals surface area contributed by atoms with Gasteiger partial charge >= 0.3 is 5.97 Å². The fourth-order valence-corrected chi connectivity index (χ4v) is 2.66. The number of halogens is 1. The minimum Gasteiger partial charge on any atom is -0.462 e. The smallest absolute Gasteiger partial charge is 0.338 e. The third-order valence-electron chi connectivity index (χ3n) is 3.93. The first-order chi connectivity index (χ1) is 13.1. The van der Waals surface area contributed by atoms with Gasteiger partial charge in [-0.05, 0) is 55.8 Å². The molecule has 138 valence electrons. The van der Waals surface area contributed by atoms with Crippen LogP contribution in [0, 0.1) is 6.92 Å². The van der Waals surface area contributed by atoms with Gasteiger partial charge in [0.1, 0.15) is 11.5 Å². The van der Waals surface area contributed by atoms with Gasteiger partial charge in [-0.1, -0.05) is 29.8 Å². The Morgan fingerprint density at radius 2 is 2.04 bits per heavy atom. The third kappa shape index (κ3) is 4.57. The molecule has 2 aromatic carbocycles. The van der Waals surface area contributed by atoms with E-state index in [0.717, 1.165) is 16.8 Å². The number of esters is 1. The number of hydrogen-bond donors (Lipinski definition) is 1. The summed E-state index contributed by atoms with van der Waals surface area (Å²) in [7, 11) is 0. The Morgan fingerprint density at radius 3 is 2.85 bits per heavy atom. The summed E-state index contributed by atoms with van der Waals surface area (Å²) in [5, 5.41) is 4.87. The van der Waals surface area contributed by atoms with Crippen molar-refractivity contribution >= 4 is 29.5 Å². The molecule has 0 saturated heterocycles. The Kier molecular flexibility index (Phi) is 5.94. The monoisotopic (exact) mass is 382 g/mol. The molecule has 0 bridgehead atoms. The maximum absolute atomic E-state index is 11.9. The summed E-state index contributed by atoms with van der Waals surface area (Å²) in [4.78, 5) is 11.9. The van der Waals surface area contributed by atoms with Gasteiger partial charge in [0.25, 0.3) is 0 Å². The molecule has 0 atom stereocenters. The van der Waals surface area contributed by atoms with Crippen LogP contribution < -0.4 is 5.43 Å². The minimum atomic E-state index is -0.353. The molecular weight excluding hydrogens is 364 g/mol. The number of carbonyl (C=O) groups excluding carboxylic acids is 1. The first-order valence-corrected chi connectivity index (χ1v) is 8.88. The highest BCUT2D eigenvalue weighted by atomic mass is 35.5. The number of hydrogen-bond acceptors (Lipinski definition) is 5. The topological polar surface area (TPSA) is 63.8 Å². The summed E-state index contributed by atoms with van der Waals surface area (Å²) in [6.07, 6.45) is 1.58. The molecule has 5 nitrogen and oxygen atoms in total. The van der Waals surface area contributed by atoms with E-state index in [1.807, 2.05) is 43.3 Å². The molecule has 3 rings (SSSR count). The third-order valence-corrected chi connectivity index (χ3v) is 4.34. The molecule has 0 aliphatic rings. The van der Waals surface area contributed by atoms with Crippen molar-refractivity contribution < 1.29 is 13.9 Å². The maximum Gasteiger partial charge on any atom is 0.338 e. The summed E-state index contributed by atoms with van der Waals surface area (Å²) >= 11 is 6.09. The molecule has 0 unspecified atom stereocenters. The van der Waals surface area contributed by atoms with E-state index in [2.05, 4.69) is 10.5 Å². The Hall–Kier alpha value is -3.05. The van der Waals surface area contributed by atoms with Gasteiger partial charge in [0.15, 0.2) is 0 Å². The summed E-state index contributed by atoms with van der Waals surface area (Å²) in [6, 6.07) is 16.3. The molecule has 1 heterocycles. The summed E-state index contributed by atoms with van der Waals surface area (Å²) in [6.45, 7) is 4.03. The number of furan rings is 1. The van der Waals surface area contributed by atoms with Crippen molar-refractivity contribution in [2.24, 2.45) is 5.10 Å². The molecule has 0 spiro atoms. The van der Waals surface area contributed by atoms with E-state index in [0.29, 0.717) is 28.7 Å². The van der Waals surface area contributed by atoms with Crippen LogP contribution in [0.4, 0.5) is 5.69 Å². The largest absolute Gasteiger partial charge is 0.462 e. The Balaban J connectivity index is 1.72. The second kappa shape index (κ2) is 8.56. The van der Waals surface area contributed by atoms with Crippen molar-refractivity contribution in [2.75, 3.05) is 12.0 Å². The quantitative estimate of drug-likeness (QED) is 0.346. The lowest BCUT2D eigenvalue weighted by Gasteiger charge is -2.05. The zero-order chi connectivity index (χ0) is 19.2. The number of nitrogens with one attached hydrogen (secondary N) is 1. The SMILES string of the molecule is CCOC(=O)c1cccc(-c2ccc(/C=N/Nc3cccc(Cl)c3C)o2)c1. The van der Waals surface area contributed by atoms with Gasteiger partial charge < -0.3 is 9.15 Å². The molecule has 3 aromatic rings. The highest BCUT2D eigenvalue weighted by Crippen LogP contribution is 2.24. The standard InChI is InChI=1S/C21H19ClN2O3/c1-3-26-21(25)16-7-4-6-15(12-16)20-11-10-17(27-20)13-23-24-19-9-5-8-18(22)14(19)2/h4-13,24H,3H2,1-2H3/b23-13+. The van der Waals surface area contributed by atoms with Crippen molar-refractivity contribution in [3.8, 4) is 11.3 Å². The molecule has 27 heavy (non-hydrogen) atoms. The van der Waals surface area contributed by atoms with E-state index in [1.54, 1.807) is 31.3 Å². The highest BCUT2D eigenvalue weighted by Gasteiger charge is 2.10. The van der Waals surface area contributed by atoms with Crippen LogP contribution in [0.3, 0.4) is 0 Å². The Bertz CT molecular complexity index is 979. The number of nitrogens with zero attached hydrogens (tertiary/aromatic N) is 1. The van der Waals surface area contributed by atoms with Gasteiger partial charge in [-0.15, -0.1) is 0 Å². The number of rotatable bonds is 6. The first kappa shape index (κ1) is 18.7. The van der Waals surface area contributed by atoms with E-state index >= 15 is 0 Å². The molecule has 6 heteroatoms. The second-order valence-electron chi connectivity index (χ2n) is 5.79. The van der Waals surface area contributed by atoms with Crippen molar-refractivity contribution in [2.45, 2.75) is 13.8 Å². The van der Waals surface area contributed by atoms with E-state index in [-0.39, 0.29) is 5.97 Å². The number of anilines is 1. The maximum atomic E-state index is 11.9. The van der Waals surface area contributed by atoms with Crippen molar-refractivity contribution in [1.29, 1.82) is 0 Å². The number of ether oxygens (including phenoxy) is 1. The molecule has 0 saturated carbocycles. The van der Waals surface area contributed by atoms with Crippen molar-refractivity contribution in [3.63, 3.8) is 0 Å². The van der Waals surface area contributed by atoms with Gasteiger partial charge in [-0.3, -0.25) is 5.43 Å². The second-order valence-corrected chi connectivity index (χ2v) is 6.19. The average molecular weight is 383 g/mol. The molecule has 0 amide bonds. The average Bonchev–Trinajstić information content (AvgIpc) is 3.14. The summed E-state index contributed by atoms with van der Waals surface area (Å²) in [5.41, 5.74) is 5.98. The molecule has 0 aliphatic heterocycles. The van der Waals surface area contributed by atoms with Crippen LogP contribution in [-0.4, -0.2) is 18.8 Å². The van der Waals surface area contributed by atoms with E-state index < -0.39 is 0 Å². The number of hydrazone groups is 1. The lowest BCUT2D eigenvalue weighted by Crippen LogP contribution is -2.04. The Labute approximate surface area is 162 Å². The van der Waals surface area contributed by atoms with Crippen molar-refractivity contribution in [1.82, 2.24) is 0 Å². The van der Waals surface area contributed by atoms with Crippen LogP contribution in [0.15, 0.2) is 64.1 Å². The van der Waals surface area contributed by atoms with Crippen molar-refractivity contribution in [3.05, 3.63) is 76.5 Å². The van der Waals surface area contributed by atoms with E-state index in [1.165, 1.54) is 0 Å². The lowest BCUT2D eigenvalue weighted by atomic mass is 10.1. The van der Waals surface area contributed by atoms with Gasteiger partial charge in [0.2, 0.25) is 0 Å². The van der Waals surface area contributed by atoms with Crippen LogP contribution in [-0.2, 0) is 4.74 Å². The number of benzene rings is 2. The fraction of sp³-hybridized carbons (Fsp3) is 0.143. The van der Waals surface area contributed by atoms with Crippen LogP contribution in [0.2, 0.25) is 5.02 Å². The zero-order valence-electron chi connectivity index (χ0n) is 15.0. The fourth-order valence-electron chi connectivity index (χ4n) is 2.49. The van der Waals surface area contributed by atoms with E-state index in [4.69, 9.17) is 20.8 Å². The van der Waals surface area contributed by atoms with Crippen LogP contribution in [0.25, 0.3) is 11.3 Å². The molecule has 1 N–H and O–H groups in total. The Morgan fingerprint density at radius 1 is 1.22 bits per heavy atom. The predicted molar refractivity (Wildman–Crippen MR) is 108 cm³/mol. The minimum absolute atomic E-state index is 0.337. The lowest BCUT2D eigenvalue weighted by molar-refractivity contribution is 0.0526. The van der Waals surface area contributed by atoms with Gasteiger partial charge in [-0.25, -0.2) is 4.79 Å². The van der Waals surface area contributed by atoms with Gasteiger partial charge in [0.05, 0.1) is 24.1 Å². The van der Waals surface area contributed by atoms with Gasteiger partial charge in [0, 0.05) is 10.6 Å². The van der Waals surface area contributed by atoms with Crippen LogP contribution in [0.1, 0.15) is 28.6 Å². The van der Waals surface area contributed by atoms with Crippen LogP contribution >= 0.6 is 11.6 Å².